The van der Waals surface area contributed by atoms with Gasteiger partial charge in [-0.15, -0.1) is 0 Å². The summed E-state index contributed by atoms with van der Waals surface area (Å²) in [7, 11) is 1.60. The molecule has 0 fully saturated rings. The molecule has 0 aromatic heterocycles. The third-order valence-corrected chi connectivity index (χ3v) is 3.23. The zero-order chi connectivity index (χ0) is 15.6. The molecular formula is C18H21NO3. The second kappa shape index (κ2) is 8.72. The lowest BCUT2D eigenvalue weighted by Gasteiger charge is -2.10. The van der Waals surface area contributed by atoms with Crippen molar-refractivity contribution in [2.24, 2.45) is 0 Å². The summed E-state index contributed by atoms with van der Waals surface area (Å²) in [5, 5.41) is 2.86. The second-order valence-electron chi connectivity index (χ2n) is 4.83. The van der Waals surface area contributed by atoms with E-state index in [9.17, 15) is 4.79 Å². The zero-order valence-electron chi connectivity index (χ0n) is 12.7. The molecule has 0 heterocycles. The monoisotopic (exact) mass is 299 g/mol. The summed E-state index contributed by atoms with van der Waals surface area (Å²) < 4.78 is 10.8. The van der Waals surface area contributed by atoms with Crippen LogP contribution in [0.15, 0.2) is 54.6 Å². The maximum Gasteiger partial charge on any atom is 0.220 e. The first-order valence-corrected chi connectivity index (χ1v) is 7.36. The highest BCUT2D eigenvalue weighted by atomic mass is 16.5. The number of hydrogen-bond acceptors (Lipinski definition) is 3. The molecule has 2 rings (SSSR count). The Morgan fingerprint density at radius 3 is 2.41 bits per heavy atom. The summed E-state index contributed by atoms with van der Waals surface area (Å²) in [5.41, 5.74) is 1.17. The fourth-order valence-corrected chi connectivity index (χ4v) is 2.08. The Balaban J connectivity index is 1.65. The number of rotatable bonds is 8. The van der Waals surface area contributed by atoms with Crippen LogP contribution in [0.1, 0.15) is 12.0 Å². The van der Waals surface area contributed by atoms with Gasteiger partial charge in [-0.25, -0.2) is 0 Å². The van der Waals surface area contributed by atoms with E-state index >= 15 is 0 Å². The topological polar surface area (TPSA) is 47.6 Å². The van der Waals surface area contributed by atoms with E-state index in [0.717, 1.165) is 6.42 Å². The summed E-state index contributed by atoms with van der Waals surface area (Å²) >= 11 is 0. The molecule has 0 saturated heterocycles. The minimum absolute atomic E-state index is 0.0347. The molecular weight excluding hydrogens is 278 g/mol. The summed E-state index contributed by atoms with van der Waals surface area (Å²) in [5.74, 6) is 1.41. The van der Waals surface area contributed by atoms with Crippen LogP contribution >= 0.6 is 0 Å². The SMILES string of the molecule is COc1ccccc1OCCNC(=O)CCc1ccccc1. The number of benzene rings is 2. The fraction of sp³-hybridized carbons (Fsp3) is 0.278. The van der Waals surface area contributed by atoms with Gasteiger partial charge in [0.1, 0.15) is 6.61 Å². The largest absolute Gasteiger partial charge is 0.493 e. The van der Waals surface area contributed by atoms with E-state index in [1.807, 2.05) is 54.6 Å². The van der Waals surface area contributed by atoms with Gasteiger partial charge in [-0.2, -0.15) is 0 Å². The lowest BCUT2D eigenvalue weighted by atomic mass is 10.1. The van der Waals surface area contributed by atoms with Crippen molar-refractivity contribution >= 4 is 5.91 Å². The van der Waals surface area contributed by atoms with Gasteiger partial charge in [0.05, 0.1) is 13.7 Å². The lowest BCUT2D eigenvalue weighted by Crippen LogP contribution is -2.28. The maximum absolute atomic E-state index is 11.8. The molecule has 0 radical (unpaired) electrons. The molecule has 1 N–H and O–H groups in total. The summed E-state index contributed by atoms with van der Waals surface area (Å²) in [4.78, 5) is 11.8. The van der Waals surface area contributed by atoms with E-state index in [4.69, 9.17) is 9.47 Å². The van der Waals surface area contributed by atoms with Crippen LogP contribution in [0.25, 0.3) is 0 Å². The number of methoxy groups -OCH3 is 1. The van der Waals surface area contributed by atoms with Crippen molar-refractivity contribution in [2.75, 3.05) is 20.3 Å². The Labute approximate surface area is 131 Å². The van der Waals surface area contributed by atoms with Gasteiger partial charge >= 0.3 is 0 Å². The number of carbonyl (C=O) groups is 1. The number of aryl methyl sites for hydroxylation is 1. The van der Waals surface area contributed by atoms with Crippen molar-refractivity contribution in [1.29, 1.82) is 0 Å². The van der Waals surface area contributed by atoms with Gasteiger partial charge in [-0.3, -0.25) is 4.79 Å². The molecule has 22 heavy (non-hydrogen) atoms. The second-order valence-corrected chi connectivity index (χ2v) is 4.83. The highest BCUT2D eigenvalue weighted by molar-refractivity contribution is 5.76. The van der Waals surface area contributed by atoms with Crippen LogP contribution in [-0.2, 0) is 11.2 Å². The normalized spacial score (nSPS) is 10.0. The van der Waals surface area contributed by atoms with Crippen molar-refractivity contribution in [1.82, 2.24) is 5.32 Å². The van der Waals surface area contributed by atoms with Gasteiger partial charge in [-0.05, 0) is 24.1 Å². The highest BCUT2D eigenvalue weighted by Gasteiger charge is 2.04. The third-order valence-electron chi connectivity index (χ3n) is 3.23. The molecule has 4 nitrogen and oxygen atoms in total. The first-order valence-electron chi connectivity index (χ1n) is 7.36. The molecule has 1 amide bonds. The Morgan fingerprint density at radius 2 is 1.68 bits per heavy atom. The molecule has 0 spiro atoms. The molecule has 2 aromatic carbocycles. The van der Waals surface area contributed by atoms with Crippen molar-refractivity contribution in [2.45, 2.75) is 12.8 Å². The Morgan fingerprint density at radius 1 is 1.00 bits per heavy atom. The van der Waals surface area contributed by atoms with Crippen molar-refractivity contribution in [3.63, 3.8) is 0 Å². The van der Waals surface area contributed by atoms with Gasteiger partial charge in [0.25, 0.3) is 0 Å². The van der Waals surface area contributed by atoms with Gasteiger partial charge in [-0.1, -0.05) is 42.5 Å². The van der Waals surface area contributed by atoms with E-state index < -0.39 is 0 Å². The first-order chi connectivity index (χ1) is 10.8. The maximum atomic E-state index is 11.8. The highest BCUT2D eigenvalue weighted by Crippen LogP contribution is 2.25. The quantitative estimate of drug-likeness (QED) is 0.763. The van der Waals surface area contributed by atoms with Crippen LogP contribution in [0.3, 0.4) is 0 Å². The van der Waals surface area contributed by atoms with Gasteiger partial charge in [0.15, 0.2) is 11.5 Å². The average Bonchev–Trinajstić information content (AvgIpc) is 2.58. The average molecular weight is 299 g/mol. The van der Waals surface area contributed by atoms with Crippen LogP contribution in [0.5, 0.6) is 11.5 Å². The van der Waals surface area contributed by atoms with Gasteiger partial charge < -0.3 is 14.8 Å². The molecule has 116 valence electrons. The van der Waals surface area contributed by atoms with Crippen LogP contribution in [0, 0.1) is 0 Å². The van der Waals surface area contributed by atoms with Crippen molar-refractivity contribution in [3.8, 4) is 11.5 Å². The predicted molar refractivity (Wildman–Crippen MR) is 86.3 cm³/mol. The number of nitrogens with one attached hydrogen (secondary N) is 1. The number of carbonyl (C=O) groups excluding carboxylic acids is 1. The van der Waals surface area contributed by atoms with E-state index in [0.29, 0.717) is 31.1 Å². The van der Waals surface area contributed by atoms with E-state index in [1.54, 1.807) is 7.11 Å². The number of ether oxygens (including phenoxy) is 2. The number of amides is 1. The molecule has 4 heteroatoms. The predicted octanol–water partition coefficient (Wildman–Crippen LogP) is 2.82. The van der Waals surface area contributed by atoms with Gasteiger partial charge in [0, 0.05) is 6.42 Å². The van der Waals surface area contributed by atoms with E-state index in [1.165, 1.54) is 5.56 Å². The minimum Gasteiger partial charge on any atom is -0.493 e. The molecule has 0 atom stereocenters. The molecule has 2 aromatic rings. The van der Waals surface area contributed by atoms with Crippen molar-refractivity contribution < 1.29 is 14.3 Å². The lowest BCUT2D eigenvalue weighted by molar-refractivity contribution is -0.121. The van der Waals surface area contributed by atoms with Crippen LogP contribution < -0.4 is 14.8 Å². The molecule has 0 aliphatic carbocycles. The minimum atomic E-state index is 0.0347. The fourth-order valence-electron chi connectivity index (χ4n) is 2.08. The molecule has 0 aliphatic heterocycles. The van der Waals surface area contributed by atoms with Crippen LogP contribution in [0.4, 0.5) is 0 Å². The molecule has 0 unspecified atom stereocenters. The zero-order valence-corrected chi connectivity index (χ0v) is 12.7. The number of para-hydroxylation sites is 2. The number of hydrogen-bond donors (Lipinski definition) is 1. The van der Waals surface area contributed by atoms with Gasteiger partial charge in [0.2, 0.25) is 5.91 Å². The molecule has 0 aliphatic rings. The summed E-state index contributed by atoms with van der Waals surface area (Å²) in [6, 6.07) is 17.4. The summed E-state index contributed by atoms with van der Waals surface area (Å²) in [6.45, 7) is 0.892. The Kier molecular flexibility index (Phi) is 6.30. The van der Waals surface area contributed by atoms with E-state index in [-0.39, 0.29) is 5.91 Å². The van der Waals surface area contributed by atoms with Crippen molar-refractivity contribution in [3.05, 3.63) is 60.2 Å². The third kappa shape index (κ3) is 5.13. The smallest absolute Gasteiger partial charge is 0.220 e. The van der Waals surface area contributed by atoms with Crippen LogP contribution in [-0.4, -0.2) is 26.2 Å². The standard InChI is InChI=1S/C18H21NO3/c1-21-16-9-5-6-10-17(16)22-14-13-19-18(20)12-11-15-7-3-2-4-8-15/h2-10H,11-14H2,1H3,(H,19,20). The summed E-state index contributed by atoms with van der Waals surface area (Å²) in [6.07, 6.45) is 1.23. The Bertz CT molecular complexity index is 584. The van der Waals surface area contributed by atoms with E-state index in [2.05, 4.69) is 5.32 Å². The Hall–Kier alpha value is -2.49. The molecule has 0 bridgehead atoms. The first kappa shape index (κ1) is 15.9. The van der Waals surface area contributed by atoms with Crippen LogP contribution in [0.2, 0.25) is 0 Å². The molecule has 0 saturated carbocycles.